The van der Waals surface area contributed by atoms with Gasteiger partial charge in [-0.3, -0.25) is 4.79 Å². The van der Waals surface area contributed by atoms with Crippen LogP contribution in [-0.2, 0) is 71.2 Å². The summed E-state index contributed by atoms with van der Waals surface area (Å²) in [6.45, 7) is 16.1. The molecule has 0 aliphatic heterocycles. The van der Waals surface area contributed by atoms with E-state index in [0.29, 0.717) is 152 Å². The van der Waals surface area contributed by atoms with Crippen molar-refractivity contribution in [2.24, 2.45) is 0 Å². The molecule has 0 saturated carbocycles. The molecule has 0 amide bonds. The summed E-state index contributed by atoms with van der Waals surface area (Å²) >= 11 is 0. The van der Waals surface area contributed by atoms with E-state index in [2.05, 4.69) is 13.5 Å². The molecule has 0 N–H and O–H groups in total. The predicted molar refractivity (Wildman–Crippen MR) is 184 cm³/mol. The molecular formula is C35H66O15. The summed E-state index contributed by atoms with van der Waals surface area (Å²) in [5, 5.41) is 0. The van der Waals surface area contributed by atoms with E-state index in [-0.39, 0.29) is 19.2 Å². The maximum Gasteiger partial charge on any atom is 0.330 e. The third-order valence-electron chi connectivity index (χ3n) is 6.33. The van der Waals surface area contributed by atoms with Gasteiger partial charge in [-0.15, -0.1) is 0 Å². The standard InChI is InChI=1S/C35H66O15/c1-3-5-6-7-8-9-35(37)50-33-31-48-29-27-46-25-23-44-21-19-42-17-15-40-13-11-38-10-12-39-14-16-41-18-20-43-22-24-45-26-28-47-30-32-49-34(36)4-2/h4H,2-3,5-33H2,1H3. The van der Waals surface area contributed by atoms with Crippen LogP contribution in [0.25, 0.3) is 0 Å². The van der Waals surface area contributed by atoms with Gasteiger partial charge < -0.3 is 61.6 Å². The number of hydrogen-bond donors (Lipinski definition) is 0. The van der Waals surface area contributed by atoms with Crippen LogP contribution in [0, 0.1) is 0 Å². The molecule has 15 heteroatoms. The zero-order chi connectivity index (χ0) is 36.3. The highest BCUT2D eigenvalue weighted by molar-refractivity contribution is 5.81. The summed E-state index contributed by atoms with van der Waals surface area (Å²) in [5.41, 5.74) is 0. The molecule has 15 nitrogen and oxygen atoms in total. The normalized spacial score (nSPS) is 11.2. The van der Waals surface area contributed by atoms with Gasteiger partial charge in [-0.1, -0.05) is 39.2 Å². The molecule has 0 heterocycles. The van der Waals surface area contributed by atoms with Crippen molar-refractivity contribution < 1.29 is 71.2 Å². The number of hydrogen-bond acceptors (Lipinski definition) is 15. The van der Waals surface area contributed by atoms with E-state index < -0.39 is 5.97 Å². The zero-order valence-electron chi connectivity index (χ0n) is 30.6. The SMILES string of the molecule is C=CC(=O)OCCOCCOCCOCCOCCOCCOCCOCCOCCOCCOCCOCCOC(=O)CCCCCCC. The number of ether oxygens (including phenoxy) is 13. The van der Waals surface area contributed by atoms with Gasteiger partial charge in [0, 0.05) is 12.5 Å². The molecule has 0 unspecified atom stereocenters. The van der Waals surface area contributed by atoms with E-state index in [1.54, 1.807) is 0 Å². The molecule has 0 aromatic heterocycles. The van der Waals surface area contributed by atoms with Crippen molar-refractivity contribution in [2.45, 2.75) is 45.4 Å². The largest absolute Gasteiger partial charge is 0.463 e. The fraction of sp³-hybridized carbons (Fsp3) is 0.886. The molecule has 0 bridgehead atoms. The monoisotopic (exact) mass is 726 g/mol. The van der Waals surface area contributed by atoms with Crippen molar-refractivity contribution in [1.29, 1.82) is 0 Å². The topological polar surface area (TPSA) is 154 Å². The molecule has 0 radical (unpaired) electrons. The number of unbranched alkanes of at least 4 members (excludes halogenated alkanes) is 4. The molecule has 0 fully saturated rings. The number of carbonyl (C=O) groups is 2. The molecule has 0 rings (SSSR count). The van der Waals surface area contributed by atoms with E-state index in [0.717, 1.165) is 18.9 Å². The number of rotatable bonds is 43. The zero-order valence-corrected chi connectivity index (χ0v) is 30.6. The molecule has 0 aromatic carbocycles. The van der Waals surface area contributed by atoms with E-state index in [9.17, 15) is 9.59 Å². The molecule has 0 spiro atoms. The van der Waals surface area contributed by atoms with Crippen molar-refractivity contribution in [2.75, 3.05) is 159 Å². The maximum absolute atomic E-state index is 11.6. The summed E-state index contributed by atoms with van der Waals surface area (Å²) in [5.74, 6) is -0.614. The lowest BCUT2D eigenvalue weighted by atomic mass is 10.1. The van der Waals surface area contributed by atoms with Crippen LogP contribution < -0.4 is 0 Å². The van der Waals surface area contributed by atoms with Crippen molar-refractivity contribution in [3.63, 3.8) is 0 Å². The first-order chi connectivity index (χ1) is 24.7. The highest BCUT2D eigenvalue weighted by Gasteiger charge is 2.02. The Bertz CT molecular complexity index is 714. The van der Waals surface area contributed by atoms with Crippen LogP contribution in [0.3, 0.4) is 0 Å². The molecule has 0 aromatic rings. The van der Waals surface area contributed by atoms with Crippen LogP contribution in [0.1, 0.15) is 45.4 Å². The van der Waals surface area contributed by atoms with Crippen LogP contribution in [0.2, 0.25) is 0 Å². The highest BCUT2D eigenvalue weighted by Crippen LogP contribution is 2.05. The molecule has 0 aliphatic rings. The summed E-state index contributed by atoms with van der Waals surface area (Å²) < 4.78 is 69.7. The third kappa shape index (κ3) is 42.4. The summed E-state index contributed by atoms with van der Waals surface area (Å²) in [6.07, 6.45) is 7.16. The van der Waals surface area contributed by atoms with Gasteiger partial charge in [-0.2, -0.15) is 0 Å². The van der Waals surface area contributed by atoms with E-state index in [1.807, 2.05) is 0 Å². The Morgan fingerprint density at radius 3 is 0.920 bits per heavy atom. The molecule has 0 saturated heterocycles. The van der Waals surface area contributed by atoms with E-state index in [1.165, 1.54) is 19.3 Å². The lowest BCUT2D eigenvalue weighted by molar-refractivity contribution is -0.145. The van der Waals surface area contributed by atoms with Gasteiger partial charge in [-0.25, -0.2) is 4.79 Å². The van der Waals surface area contributed by atoms with Crippen LogP contribution in [0.4, 0.5) is 0 Å². The first kappa shape index (κ1) is 48.2. The Labute approximate surface area is 299 Å². The van der Waals surface area contributed by atoms with Crippen molar-refractivity contribution >= 4 is 11.9 Å². The predicted octanol–water partition coefficient (Wildman–Crippen LogP) is 2.80. The summed E-state index contributed by atoms with van der Waals surface area (Å²) in [4.78, 5) is 22.5. The van der Waals surface area contributed by atoms with Crippen molar-refractivity contribution in [3.05, 3.63) is 12.7 Å². The smallest absolute Gasteiger partial charge is 0.330 e. The van der Waals surface area contributed by atoms with Gasteiger partial charge in [-0.05, 0) is 6.42 Å². The van der Waals surface area contributed by atoms with E-state index >= 15 is 0 Å². The van der Waals surface area contributed by atoms with Gasteiger partial charge in [0.2, 0.25) is 0 Å². The van der Waals surface area contributed by atoms with Gasteiger partial charge in [0.1, 0.15) is 13.2 Å². The molecule has 50 heavy (non-hydrogen) atoms. The molecule has 0 atom stereocenters. The Morgan fingerprint density at radius 1 is 0.380 bits per heavy atom. The van der Waals surface area contributed by atoms with Crippen LogP contribution in [0.15, 0.2) is 12.7 Å². The highest BCUT2D eigenvalue weighted by atomic mass is 16.6. The molecule has 296 valence electrons. The fourth-order valence-corrected chi connectivity index (χ4v) is 3.72. The van der Waals surface area contributed by atoms with Gasteiger partial charge >= 0.3 is 11.9 Å². The first-order valence-electron chi connectivity index (χ1n) is 18.0. The molecular weight excluding hydrogens is 660 g/mol. The lowest BCUT2D eigenvalue weighted by Gasteiger charge is -2.09. The van der Waals surface area contributed by atoms with Crippen LogP contribution >= 0.6 is 0 Å². The van der Waals surface area contributed by atoms with Crippen molar-refractivity contribution in [3.8, 4) is 0 Å². The average molecular weight is 727 g/mol. The van der Waals surface area contributed by atoms with Crippen LogP contribution in [-0.4, -0.2) is 171 Å². The second kappa shape index (κ2) is 43.4. The minimum absolute atomic E-state index is 0.152. The average Bonchev–Trinajstić information content (AvgIpc) is 3.12. The first-order valence-corrected chi connectivity index (χ1v) is 18.0. The van der Waals surface area contributed by atoms with Gasteiger partial charge in [0.15, 0.2) is 0 Å². The maximum atomic E-state index is 11.6. The second-order valence-electron chi connectivity index (χ2n) is 10.5. The summed E-state index contributed by atoms with van der Waals surface area (Å²) in [6, 6.07) is 0. The van der Waals surface area contributed by atoms with Gasteiger partial charge in [0.25, 0.3) is 0 Å². The number of esters is 2. The lowest BCUT2D eigenvalue weighted by Crippen LogP contribution is -2.16. The Kier molecular flexibility index (Phi) is 41.9. The molecule has 0 aliphatic carbocycles. The third-order valence-corrected chi connectivity index (χ3v) is 6.33. The van der Waals surface area contributed by atoms with Crippen LogP contribution in [0.5, 0.6) is 0 Å². The summed E-state index contributed by atoms with van der Waals surface area (Å²) in [7, 11) is 0. The quantitative estimate of drug-likeness (QED) is 0.0514. The number of carbonyl (C=O) groups excluding carboxylic acids is 2. The Balaban J connectivity index is 3.10. The van der Waals surface area contributed by atoms with E-state index in [4.69, 9.17) is 61.6 Å². The Hall–Kier alpha value is -1.76. The second-order valence-corrected chi connectivity index (χ2v) is 10.5. The fourth-order valence-electron chi connectivity index (χ4n) is 3.72. The Morgan fingerprint density at radius 2 is 0.640 bits per heavy atom. The minimum atomic E-state index is -0.462. The van der Waals surface area contributed by atoms with Gasteiger partial charge in [0.05, 0.1) is 145 Å². The van der Waals surface area contributed by atoms with Crippen molar-refractivity contribution in [1.82, 2.24) is 0 Å². The minimum Gasteiger partial charge on any atom is -0.463 e.